The number of halogens is 2. The molecule has 30 heavy (non-hydrogen) atoms. The van der Waals surface area contributed by atoms with Crippen molar-refractivity contribution in [1.29, 1.82) is 0 Å². The summed E-state index contributed by atoms with van der Waals surface area (Å²) in [6.07, 6.45) is 4.03. The molecule has 1 unspecified atom stereocenters. The fraction of sp³-hybridized carbons (Fsp3) is 0.696. The third-order valence-corrected chi connectivity index (χ3v) is 5.44. The van der Waals surface area contributed by atoms with E-state index in [0.29, 0.717) is 17.9 Å². The number of nitrogens with zero attached hydrogens (tertiary/aromatic N) is 2. The van der Waals surface area contributed by atoms with Gasteiger partial charge in [-0.05, 0) is 62.1 Å². The summed E-state index contributed by atoms with van der Waals surface area (Å²) >= 11 is 0. The van der Waals surface area contributed by atoms with Gasteiger partial charge in [-0.15, -0.1) is 24.0 Å². The molecule has 0 saturated carbocycles. The van der Waals surface area contributed by atoms with Crippen molar-refractivity contribution in [2.24, 2.45) is 16.8 Å². The molecule has 0 aromatic heterocycles. The number of aliphatic hydroxyl groups excluding tert-OH is 1. The van der Waals surface area contributed by atoms with Gasteiger partial charge in [-0.3, -0.25) is 9.89 Å². The van der Waals surface area contributed by atoms with Crippen molar-refractivity contribution in [2.45, 2.75) is 59.0 Å². The molecule has 2 rings (SSSR count). The fourth-order valence-electron chi connectivity index (χ4n) is 3.95. The molecule has 1 atom stereocenters. The molecule has 172 valence electrons. The Bertz CT molecular complexity index is 604. The molecule has 1 heterocycles. The number of benzene rings is 1. The molecule has 0 spiro atoms. The molecule has 1 aromatic carbocycles. The number of hydrogen-bond acceptors (Lipinski definition) is 3. The Labute approximate surface area is 198 Å². The lowest BCUT2D eigenvalue weighted by Crippen LogP contribution is -2.48. The van der Waals surface area contributed by atoms with Crippen LogP contribution in [0.5, 0.6) is 0 Å². The molecule has 1 aliphatic heterocycles. The van der Waals surface area contributed by atoms with Crippen LogP contribution >= 0.6 is 24.0 Å². The normalized spacial score (nSPS) is 16.9. The van der Waals surface area contributed by atoms with Crippen LogP contribution in [0.2, 0.25) is 0 Å². The molecule has 1 fully saturated rings. The van der Waals surface area contributed by atoms with Crippen LogP contribution < -0.4 is 10.6 Å². The van der Waals surface area contributed by atoms with Crippen LogP contribution in [0, 0.1) is 17.7 Å². The van der Waals surface area contributed by atoms with E-state index in [1.165, 1.54) is 12.1 Å². The number of piperidine rings is 1. The molecular weight excluding hydrogens is 494 g/mol. The van der Waals surface area contributed by atoms with Crippen LogP contribution in [0.15, 0.2) is 29.3 Å². The third-order valence-electron chi connectivity index (χ3n) is 5.44. The molecule has 1 saturated heterocycles. The van der Waals surface area contributed by atoms with Crippen molar-refractivity contribution in [2.75, 3.05) is 32.8 Å². The Morgan fingerprint density at radius 2 is 1.90 bits per heavy atom. The van der Waals surface area contributed by atoms with Gasteiger partial charge in [0.15, 0.2) is 5.96 Å². The molecule has 1 aromatic rings. The highest BCUT2D eigenvalue weighted by molar-refractivity contribution is 14.0. The summed E-state index contributed by atoms with van der Waals surface area (Å²) in [5.41, 5.74) is 1.16. The van der Waals surface area contributed by atoms with Crippen molar-refractivity contribution in [3.63, 3.8) is 0 Å². The average molecular weight is 535 g/mol. The lowest BCUT2D eigenvalue weighted by atomic mass is 9.94. The van der Waals surface area contributed by atoms with Crippen LogP contribution in [-0.4, -0.2) is 54.8 Å². The maximum absolute atomic E-state index is 13.1. The van der Waals surface area contributed by atoms with E-state index in [0.717, 1.165) is 69.9 Å². The second kappa shape index (κ2) is 15.0. The number of nitrogens with one attached hydrogen (secondary N) is 2. The number of guanidine groups is 1. The van der Waals surface area contributed by atoms with E-state index in [2.05, 4.69) is 36.3 Å². The number of rotatable bonds is 10. The SMILES string of the molecule is CCNC(=NCC(CCO)CC(C)C)NC1CCN(Cc2ccc(F)cc2)CC1.I. The number of aliphatic hydroxyl groups is 1. The summed E-state index contributed by atoms with van der Waals surface area (Å²) in [5, 5.41) is 16.3. The van der Waals surface area contributed by atoms with Gasteiger partial charge in [0.05, 0.1) is 0 Å². The summed E-state index contributed by atoms with van der Waals surface area (Å²) in [4.78, 5) is 7.23. The molecule has 7 heteroatoms. The summed E-state index contributed by atoms with van der Waals surface area (Å²) in [5.74, 6) is 1.74. The van der Waals surface area contributed by atoms with Crippen molar-refractivity contribution >= 4 is 29.9 Å². The van der Waals surface area contributed by atoms with Crippen LogP contribution in [0.3, 0.4) is 0 Å². The molecule has 0 bridgehead atoms. The minimum atomic E-state index is -0.179. The first kappa shape index (κ1) is 27.1. The highest BCUT2D eigenvalue weighted by atomic mass is 127. The van der Waals surface area contributed by atoms with E-state index in [-0.39, 0.29) is 36.4 Å². The zero-order chi connectivity index (χ0) is 21.1. The largest absolute Gasteiger partial charge is 0.396 e. The Balaban J connectivity index is 0.00000450. The van der Waals surface area contributed by atoms with Crippen molar-refractivity contribution in [3.8, 4) is 0 Å². The maximum Gasteiger partial charge on any atom is 0.191 e. The molecule has 1 aliphatic rings. The maximum atomic E-state index is 13.1. The average Bonchev–Trinajstić information content (AvgIpc) is 2.69. The summed E-state index contributed by atoms with van der Waals surface area (Å²) in [7, 11) is 0. The third kappa shape index (κ3) is 10.4. The van der Waals surface area contributed by atoms with E-state index < -0.39 is 0 Å². The first-order valence-corrected chi connectivity index (χ1v) is 11.1. The smallest absolute Gasteiger partial charge is 0.191 e. The second-order valence-electron chi connectivity index (χ2n) is 8.55. The minimum absolute atomic E-state index is 0. The van der Waals surface area contributed by atoms with E-state index in [4.69, 9.17) is 4.99 Å². The number of hydrogen-bond donors (Lipinski definition) is 3. The van der Waals surface area contributed by atoms with E-state index >= 15 is 0 Å². The predicted octanol–water partition coefficient (Wildman–Crippen LogP) is 4.01. The quantitative estimate of drug-likeness (QED) is 0.241. The second-order valence-corrected chi connectivity index (χ2v) is 8.55. The van der Waals surface area contributed by atoms with Gasteiger partial charge in [-0.1, -0.05) is 26.0 Å². The molecule has 0 radical (unpaired) electrons. The fourth-order valence-corrected chi connectivity index (χ4v) is 3.95. The van der Waals surface area contributed by atoms with Crippen molar-refractivity contribution in [3.05, 3.63) is 35.6 Å². The zero-order valence-corrected chi connectivity index (χ0v) is 21.1. The van der Waals surface area contributed by atoms with Gasteiger partial charge in [0.1, 0.15) is 5.82 Å². The van der Waals surface area contributed by atoms with Crippen LogP contribution in [0.4, 0.5) is 4.39 Å². The first-order chi connectivity index (χ1) is 14.0. The Kier molecular flexibility index (Phi) is 13.5. The lowest BCUT2D eigenvalue weighted by Gasteiger charge is -2.33. The van der Waals surface area contributed by atoms with Gasteiger partial charge in [0.25, 0.3) is 0 Å². The molecule has 0 amide bonds. The van der Waals surface area contributed by atoms with Crippen LogP contribution in [-0.2, 0) is 6.54 Å². The standard InChI is InChI=1S/C23H39FN4O.HI/c1-4-25-23(26-16-20(11-14-29)15-18(2)3)27-22-9-12-28(13-10-22)17-19-5-7-21(24)8-6-19;/h5-8,18,20,22,29H,4,9-17H2,1-3H3,(H2,25,26,27);1H. The topological polar surface area (TPSA) is 59.9 Å². The van der Waals surface area contributed by atoms with E-state index in [1.807, 2.05) is 12.1 Å². The minimum Gasteiger partial charge on any atom is -0.396 e. The van der Waals surface area contributed by atoms with Crippen LogP contribution in [0.25, 0.3) is 0 Å². The summed E-state index contributed by atoms with van der Waals surface area (Å²) < 4.78 is 13.1. The van der Waals surface area contributed by atoms with Crippen LogP contribution in [0.1, 0.15) is 52.0 Å². The summed E-state index contributed by atoms with van der Waals surface area (Å²) in [6.45, 7) is 11.3. The molecule has 0 aliphatic carbocycles. The Morgan fingerprint density at radius 1 is 1.23 bits per heavy atom. The predicted molar refractivity (Wildman–Crippen MR) is 134 cm³/mol. The monoisotopic (exact) mass is 534 g/mol. The van der Waals surface area contributed by atoms with Crippen molar-refractivity contribution < 1.29 is 9.50 Å². The molecule has 3 N–H and O–H groups in total. The van der Waals surface area contributed by atoms with Crippen molar-refractivity contribution in [1.82, 2.24) is 15.5 Å². The van der Waals surface area contributed by atoms with E-state index in [9.17, 15) is 9.50 Å². The molecular formula is C23H40FIN4O. The highest BCUT2D eigenvalue weighted by Gasteiger charge is 2.20. The zero-order valence-electron chi connectivity index (χ0n) is 18.7. The number of likely N-dealkylation sites (tertiary alicyclic amines) is 1. The lowest BCUT2D eigenvalue weighted by molar-refractivity contribution is 0.198. The first-order valence-electron chi connectivity index (χ1n) is 11.1. The van der Waals surface area contributed by atoms with Gasteiger partial charge in [-0.2, -0.15) is 0 Å². The van der Waals surface area contributed by atoms with E-state index in [1.54, 1.807) is 0 Å². The summed E-state index contributed by atoms with van der Waals surface area (Å²) in [6, 6.07) is 7.22. The Morgan fingerprint density at radius 3 is 2.47 bits per heavy atom. The van der Waals surface area contributed by atoms with Gasteiger partial charge < -0.3 is 15.7 Å². The van der Waals surface area contributed by atoms with Gasteiger partial charge in [-0.25, -0.2) is 4.39 Å². The van der Waals surface area contributed by atoms with Gasteiger partial charge >= 0.3 is 0 Å². The van der Waals surface area contributed by atoms with Gasteiger partial charge in [0, 0.05) is 45.4 Å². The molecule has 5 nitrogen and oxygen atoms in total. The highest BCUT2D eigenvalue weighted by Crippen LogP contribution is 2.16. The number of aliphatic imine (C=N–C) groups is 1. The Hall–Kier alpha value is -0.930. The van der Waals surface area contributed by atoms with Gasteiger partial charge in [0.2, 0.25) is 0 Å².